The van der Waals surface area contributed by atoms with Crippen LogP contribution in [0.5, 0.6) is 5.75 Å². The number of ether oxygens (including phenoxy) is 2. The van der Waals surface area contributed by atoms with Gasteiger partial charge in [-0.2, -0.15) is 0 Å². The molecule has 4 rings (SSSR count). The molecule has 1 N–H and O–H groups in total. The average Bonchev–Trinajstić information content (AvgIpc) is 3.14. The van der Waals surface area contributed by atoms with Crippen LogP contribution >= 0.6 is 0 Å². The van der Waals surface area contributed by atoms with Crippen molar-refractivity contribution >= 4 is 12.4 Å². The third-order valence-corrected chi connectivity index (χ3v) is 5.25. The Kier molecular flexibility index (Phi) is 6.00. The number of hydrogen-bond donors (Lipinski definition) is 1. The summed E-state index contributed by atoms with van der Waals surface area (Å²) in [4.78, 5) is 23.2. The van der Waals surface area contributed by atoms with E-state index < -0.39 is 6.09 Å². The second-order valence-corrected chi connectivity index (χ2v) is 7.06. The van der Waals surface area contributed by atoms with Crippen LogP contribution in [0.25, 0.3) is 11.1 Å². The molecule has 1 amide bonds. The molecule has 0 atom stereocenters. The van der Waals surface area contributed by atoms with Crippen LogP contribution in [0.3, 0.4) is 0 Å². The molecule has 3 aromatic carbocycles. The van der Waals surface area contributed by atoms with Crippen LogP contribution in [-0.4, -0.2) is 32.6 Å². The van der Waals surface area contributed by atoms with E-state index in [0.29, 0.717) is 16.9 Å². The van der Waals surface area contributed by atoms with Crippen LogP contribution in [0.15, 0.2) is 66.7 Å². The van der Waals surface area contributed by atoms with E-state index in [4.69, 9.17) is 9.47 Å². The number of benzene rings is 3. The fraction of sp³-hybridized carbons (Fsp3) is 0.154. The third kappa shape index (κ3) is 4.29. The smallest absolute Gasteiger partial charge is 0.407 e. The summed E-state index contributed by atoms with van der Waals surface area (Å²) >= 11 is 0. The molecule has 1 aliphatic carbocycles. The third-order valence-electron chi connectivity index (χ3n) is 5.25. The van der Waals surface area contributed by atoms with Crippen molar-refractivity contribution in [3.05, 3.63) is 89.0 Å². The topological polar surface area (TPSA) is 64.6 Å². The summed E-state index contributed by atoms with van der Waals surface area (Å²) in [5.74, 6) is 6.29. The number of methoxy groups -OCH3 is 1. The largest absolute Gasteiger partial charge is 0.496 e. The molecule has 0 unspecified atom stereocenters. The maximum Gasteiger partial charge on any atom is 0.407 e. The molecule has 0 aliphatic heterocycles. The Labute approximate surface area is 181 Å². The summed E-state index contributed by atoms with van der Waals surface area (Å²) in [7, 11) is 1.51. The summed E-state index contributed by atoms with van der Waals surface area (Å²) in [6.07, 6.45) is 0.207. The van der Waals surface area contributed by atoms with Gasteiger partial charge in [0.2, 0.25) is 0 Å². The molecule has 0 saturated carbocycles. The Bertz CT molecular complexity index is 1140. The molecule has 0 bridgehead atoms. The summed E-state index contributed by atoms with van der Waals surface area (Å²) in [6.45, 7) is 0.396. The summed E-state index contributed by atoms with van der Waals surface area (Å²) in [5, 5.41) is 2.65. The number of carbonyl (C=O) groups excluding carboxylic acids is 2. The van der Waals surface area contributed by atoms with Gasteiger partial charge in [0.15, 0.2) is 6.29 Å². The number of rotatable bonds is 5. The van der Waals surface area contributed by atoms with Gasteiger partial charge in [-0.3, -0.25) is 4.79 Å². The Morgan fingerprint density at radius 1 is 1.03 bits per heavy atom. The second kappa shape index (κ2) is 9.19. The number of hydrogen-bond acceptors (Lipinski definition) is 4. The molecule has 154 valence electrons. The predicted molar refractivity (Wildman–Crippen MR) is 118 cm³/mol. The van der Waals surface area contributed by atoms with Gasteiger partial charge in [0, 0.05) is 11.5 Å². The van der Waals surface area contributed by atoms with Gasteiger partial charge in [0.1, 0.15) is 12.4 Å². The van der Waals surface area contributed by atoms with Crippen molar-refractivity contribution in [3.63, 3.8) is 0 Å². The van der Waals surface area contributed by atoms with E-state index in [0.717, 1.165) is 6.29 Å². The van der Waals surface area contributed by atoms with E-state index in [1.807, 2.05) is 24.3 Å². The molecular formula is C26H21NO4. The van der Waals surface area contributed by atoms with Crippen molar-refractivity contribution in [1.29, 1.82) is 0 Å². The quantitative estimate of drug-likeness (QED) is 0.499. The molecule has 0 aromatic heterocycles. The van der Waals surface area contributed by atoms with Gasteiger partial charge >= 0.3 is 6.09 Å². The van der Waals surface area contributed by atoms with Crippen LogP contribution in [0.1, 0.15) is 33.0 Å². The fourth-order valence-electron chi connectivity index (χ4n) is 3.82. The lowest BCUT2D eigenvalue weighted by molar-refractivity contribution is 0.112. The first kappa shape index (κ1) is 20.2. The highest BCUT2D eigenvalue weighted by Crippen LogP contribution is 2.44. The second-order valence-electron chi connectivity index (χ2n) is 7.06. The molecule has 1 aliphatic rings. The first-order valence-corrected chi connectivity index (χ1v) is 9.92. The van der Waals surface area contributed by atoms with Gasteiger partial charge in [-0.25, -0.2) is 4.79 Å². The van der Waals surface area contributed by atoms with E-state index in [2.05, 4.69) is 41.4 Å². The number of alkyl carbamates (subject to hydrolysis) is 1. The lowest BCUT2D eigenvalue weighted by Crippen LogP contribution is -2.26. The normalized spacial score (nSPS) is 11.5. The van der Waals surface area contributed by atoms with Crippen LogP contribution in [-0.2, 0) is 4.74 Å². The van der Waals surface area contributed by atoms with Crippen molar-refractivity contribution in [2.24, 2.45) is 0 Å². The summed E-state index contributed by atoms with van der Waals surface area (Å²) in [6, 6.07) is 21.5. The number of aldehydes is 1. The minimum atomic E-state index is -0.514. The highest BCUT2D eigenvalue weighted by Gasteiger charge is 2.28. The van der Waals surface area contributed by atoms with E-state index in [1.165, 1.54) is 29.4 Å². The molecule has 0 radical (unpaired) electrons. The Morgan fingerprint density at radius 3 is 2.35 bits per heavy atom. The van der Waals surface area contributed by atoms with E-state index in [-0.39, 0.29) is 19.1 Å². The molecule has 5 heteroatoms. The average molecular weight is 411 g/mol. The van der Waals surface area contributed by atoms with Crippen molar-refractivity contribution < 1.29 is 19.1 Å². The van der Waals surface area contributed by atoms with Gasteiger partial charge in [-0.05, 0) is 40.5 Å². The monoisotopic (exact) mass is 411 g/mol. The Hall–Kier alpha value is -4.04. The van der Waals surface area contributed by atoms with Crippen molar-refractivity contribution in [2.75, 3.05) is 20.3 Å². The van der Waals surface area contributed by atoms with E-state index in [9.17, 15) is 9.59 Å². The minimum absolute atomic E-state index is 0.0188. The van der Waals surface area contributed by atoms with Gasteiger partial charge in [-0.1, -0.05) is 60.4 Å². The standard InChI is InChI=1S/C26H21NO4/c1-30-25-13-12-18(15-19(25)16-28)7-6-14-27-26(29)31-17-24-22-10-4-2-8-20(22)21-9-3-5-11-23(21)24/h2-5,8-13,15-16,24H,14,17H2,1H3,(H,27,29). The Balaban J connectivity index is 1.34. The van der Waals surface area contributed by atoms with Crippen molar-refractivity contribution in [3.8, 4) is 28.7 Å². The molecule has 0 saturated heterocycles. The lowest BCUT2D eigenvalue weighted by atomic mass is 9.98. The molecular weight excluding hydrogens is 390 g/mol. The zero-order chi connectivity index (χ0) is 21.6. The van der Waals surface area contributed by atoms with Crippen molar-refractivity contribution in [1.82, 2.24) is 5.32 Å². The maximum absolute atomic E-state index is 12.2. The zero-order valence-corrected chi connectivity index (χ0v) is 17.1. The molecule has 5 nitrogen and oxygen atoms in total. The number of carbonyl (C=O) groups is 2. The number of fused-ring (bicyclic) bond motifs is 3. The molecule has 0 spiro atoms. The number of nitrogens with one attached hydrogen (secondary N) is 1. The molecule has 3 aromatic rings. The molecule has 31 heavy (non-hydrogen) atoms. The SMILES string of the molecule is COc1ccc(C#CCNC(=O)OCC2c3ccccc3-c3ccccc32)cc1C=O. The van der Waals surface area contributed by atoms with Crippen LogP contribution in [0.2, 0.25) is 0 Å². The van der Waals surface area contributed by atoms with Crippen molar-refractivity contribution in [2.45, 2.75) is 5.92 Å². The van der Waals surface area contributed by atoms with E-state index in [1.54, 1.807) is 18.2 Å². The minimum Gasteiger partial charge on any atom is -0.496 e. The van der Waals surface area contributed by atoms with Gasteiger partial charge < -0.3 is 14.8 Å². The summed E-state index contributed by atoms with van der Waals surface area (Å²) < 4.78 is 10.6. The van der Waals surface area contributed by atoms with Crippen LogP contribution < -0.4 is 10.1 Å². The highest BCUT2D eigenvalue weighted by atomic mass is 16.5. The van der Waals surface area contributed by atoms with E-state index >= 15 is 0 Å². The predicted octanol–water partition coefficient (Wildman–Crippen LogP) is 4.40. The zero-order valence-electron chi connectivity index (χ0n) is 17.1. The number of amides is 1. The fourth-order valence-corrected chi connectivity index (χ4v) is 3.82. The molecule has 0 heterocycles. The van der Waals surface area contributed by atoms with Gasteiger partial charge in [-0.15, -0.1) is 0 Å². The first-order chi connectivity index (χ1) is 15.2. The van der Waals surface area contributed by atoms with Gasteiger partial charge in [0.25, 0.3) is 0 Å². The van der Waals surface area contributed by atoms with Crippen LogP contribution in [0.4, 0.5) is 4.79 Å². The highest BCUT2D eigenvalue weighted by molar-refractivity contribution is 5.80. The summed E-state index contributed by atoms with van der Waals surface area (Å²) in [5.41, 5.74) is 5.80. The lowest BCUT2D eigenvalue weighted by Gasteiger charge is -2.14. The Morgan fingerprint density at radius 2 is 1.71 bits per heavy atom. The molecule has 0 fully saturated rings. The van der Waals surface area contributed by atoms with Crippen LogP contribution in [0, 0.1) is 11.8 Å². The van der Waals surface area contributed by atoms with Gasteiger partial charge in [0.05, 0.1) is 19.2 Å². The maximum atomic E-state index is 12.2. The first-order valence-electron chi connectivity index (χ1n) is 9.92.